The molecule has 0 aliphatic carbocycles. The average molecular weight is 465 g/mol. The molecule has 0 fully saturated rings. The first-order valence-corrected chi connectivity index (χ1v) is 7.94. The number of rotatable bonds is 4. The summed E-state index contributed by atoms with van der Waals surface area (Å²) in [7, 11) is 0. The maximum absolute atomic E-state index is 14.2. The van der Waals surface area contributed by atoms with E-state index in [1.54, 1.807) is 29.4 Å². The number of nitrogens with one attached hydrogen (secondary N) is 1. The molecule has 0 saturated carbocycles. The van der Waals surface area contributed by atoms with Crippen LogP contribution in [0.2, 0.25) is 0 Å². The van der Waals surface area contributed by atoms with E-state index in [4.69, 9.17) is 5.73 Å². The van der Waals surface area contributed by atoms with Crippen LogP contribution in [0.25, 0.3) is 5.69 Å². The molecule has 0 amide bonds. The van der Waals surface area contributed by atoms with E-state index in [0.29, 0.717) is 18.2 Å². The molecule has 0 aliphatic heterocycles. The molecule has 26 heavy (non-hydrogen) atoms. The minimum atomic E-state index is -0.327. The van der Waals surface area contributed by atoms with Gasteiger partial charge in [0.05, 0.1) is 18.6 Å². The van der Waals surface area contributed by atoms with Crippen molar-refractivity contribution in [1.82, 2.24) is 9.55 Å². The maximum atomic E-state index is 14.2. The van der Waals surface area contributed by atoms with Crippen molar-refractivity contribution in [2.75, 3.05) is 5.32 Å². The minimum Gasteiger partial charge on any atom is -0.370 e. The van der Waals surface area contributed by atoms with Gasteiger partial charge in [0.1, 0.15) is 5.82 Å². The number of nitrogens with two attached hydrogens (primary N) is 1. The molecular formula is C19H21FIN5. The molecule has 0 aliphatic rings. The number of hydrogen-bond acceptors (Lipinski definition) is 2. The van der Waals surface area contributed by atoms with Gasteiger partial charge in [-0.2, -0.15) is 0 Å². The standard InChI is InChI=1S/C19H20FN5.HI/c1-13-3-5-16(9-14(13)2)24-19(21)23-11-15-4-6-18(17(20)10-15)25-8-7-22-12-25;/h3-10,12H,11H2,1-2H3,(H3,21,23,24);1H. The summed E-state index contributed by atoms with van der Waals surface area (Å²) >= 11 is 0. The van der Waals surface area contributed by atoms with E-state index in [-0.39, 0.29) is 29.8 Å². The van der Waals surface area contributed by atoms with Gasteiger partial charge in [-0.15, -0.1) is 24.0 Å². The topological polar surface area (TPSA) is 68.2 Å². The number of aliphatic imine (C=N–C) groups is 1. The summed E-state index contributed by atoms with van der Waals surface area (Å²) in [5.41, 5.74) is 10.4. The second-order valence-electron chi connectivity index (χ2n) is 5.88. The number of aryl methyl sites for hydroxylation is 2. The first kappa shape index (κ1) is 19.9. The number of anilines is 1. The molecule has 3 aromatic rings. The molecule has 1 aromatic heterocycles. The molecule has 2 aromatic carbocycles. The summed E-state index contributed by atoms with van der Waals surface area (Å²) in [5, 5.41) is 3.05. The fraction of sp³-hybridized carbons (Fsp3) is 0.158. The molecule has 7 heteroatoms. The molecule has 0 unspecified atom stereocenters. The van der Waals surface area contributed by atoms with Crippen molar-refractivity contribution in [3.63, 3.8) is 0 Å². The summed E-state index contributed by atoms with van der Waals surface area (Å²) in [6, 6.07) is 11.0. The largest absolute Gasteiger partial charge is 0.370 e. The zero-order chi connectivity index (χ0) is 17.8. The summed E-state index contributed by atoms with van der Waals surface area (Å²) in [5.74, 6) is -0.0336. The van der Waals surface area contributed by atoms with Gasteiger partial charge in [0.15, 0.2) is 5.96 Å². The van der Waals surface area contributed by atoms with Gasteiger partial charge >= 0.3 is 0 Å². The van der Waals surface area contributed by atoms with Gasteiger partial charge in [-0.25, -0.2) is 14.4 Å². The molecule has 0 spiro atoms. The van der Waals surface area contributed by atoms with E-state index in [0.717, 1.165) is 11.3 Å². The number of imidazole rings is 1. The molecule has 1 heterocycles. The van der Waals surface area contributed by atoms with Crippen molar-refractivity contribution in [2.45, 2.75) is 20.4 Å². The third kappa shape index (κ3) is 4.81. The molecule has 136 valence electrons. The van der Waals surface area contributed by atoms with Gasteiger partial charge < -0.3 is 15.6 Å². The summed E-state index contributed by atoms with van der Waals surface area (Å²) < 4.78 is 15.8. The Morgan fingerprint density at radius 2 is 2.00 bits per heavy atom. The lowest BCUT2D eigenvalue weighted by molar-refractivity contribution is 0.616. The Balaban J connectivity index is 0.00000243. The zero-order valence-corrected chi connectivity index (χ0v) is 16.9. The van der Waals surface area contributed by atoms with Crippen molar-refractivity contribution >= 4 is 35.6 Å². The van der Waals surface area contributed by atoms with Crippen molar-refractivity contribution in [1.29, 1.82) is 0 Å². The van der Waals surface area contributed by atoms with Gasteiger partial charge in [0.2, 0.25) is 0 Å². The quantitative estimate of drug-likeness (QED) is 0.345. The van der Waals surface area contributed by atoms with E-state index in [1.807, 2.05) is 31.2 Å². The van der Waals surface area contributed by atoms with E-state index in [9.17, 15) is 4.39 Å². The molecule has 0 bridgehead atoms. The van der Waals surface area contributed by atoms with Crippen molar-refractivity contribution in [3.05, 3.63) is 77.6 Å². The lowest BCUT2D eigenvalue weighted by atomic mass is 10.1. The predicted octanol–water partition coefficient (Wildman–Crippen LogP) is 4.17. The Labute approximate surface area is 169 Å². The summed E-state index contributed by atoms with van der Waals surface area (Å²) in [6.45, 7) is 4.39. The number of benzene rings is 2. The first-order valence-electron chi connectivity index (χ1n) is 7.94. The fourth-order valence-corrected chi connectivity index (χ4v) is 2.44. The molecule has 3 rings (SSSR count). The normalized spacial score (nSPS) is 11.1. The van der Waals surface area contributed by atoms with E-state index in [2.05, 4.69) is 22.2 Å². The molecule has 5 nitrogen and oxygen atoms in total. The zero-order valence-electron chi connectivity index (χ0n) is 14.6. The number of hydrogen-bond donors (Lipinski definition) is 2. The highest BCUT2D eigenvalue weighted by Crippen LogP contribution is 2.16. The average Bonchev–Trinajstić information content (AvgIpc) is 3.11. The minimum absolute atomic E-state index is 0. The Morgan fingerprint density at radius 1 is 1.19 bits per heavy atom. The van der Waals surface area contributed by atoms with Crippen LogP contribution < -0.4 is 11.1 Å². The Morgan fingerprint density at radius 3 is 2.65 bits per heavy atom. The van der Waals surface area contributed by atoms with Crippen LogP contribution in [0.1, 0.15) is 16.7 Å². The van der Waals surface area contributed by atoms with Crippen LogP contribution in [0.3, 0.4) is 0 Å². The first-order chi connectivity index (χ1) is 12.0. The number of guanidine groups is 1. The van der Waals surface area contributed by atoms with E-state index < -0.39 is 0 Å². The van der Waals surface area contributed by atoms with Crippen LogP contribution in [0.15, 0.2) is 60.1 Å². The van der Waals surface area contributed by atoms with Gasteiger partial charge in [-0.1, -0.05) is 12.1 Å². The van der Waals surface area contributed by atoms with Crippen LogP contribution in [0, 0.1) is 19.7 Å². The van der Waals surface area contributed by atoms with Crippen LogP contribution in [0.4, 0.5) is 10.1 Å². The molecule has 0 saturated heterocycles. The van der Waals surface area contributed by atoms with Gasteiger partial charge in [0.25, 0.3) is 0 Å². The van der Waals surface area contributed by atoms with Gasteiger partial charge in [0, 0.05) is 18.1 Å². The molecule has 0 atom stereocenters. The third-order valence-corrected chi connectivity index (χ3v) is 4.01. The van der Waals surface area contributed by atoms with Gasteiger partial charge in [-0.3, -0.25) is 0 Å². The second-order valence-corrected chi connectivity index (χ2v) is 5.88. The van der Waals surface area contributed by atoms with Crippen molar-refractivity contribution in [3.8, 4) is 5.69 Å². The predicted molar refractivity (Wildman–Crippen MR) is 114 cm³/mol. The lowest BCUT2D eigenvalue weighted by Crippen LogP contribution is -2.22. The number of halogens is 2. The highest BCUT2D eigenvalue weighted by molar-refractivity contribution is 14.0. The highest BCUT2D eigenvalue weighted by Gasteiger charge is 2.05. The van der Waals surface area contributed by atoms with Crippen LogP contribution in [-0.2, 0) is 6.54 Å². The fourth-order valence-electron chi connectivity index (χ4n) is 2.44. The van der Waals surface area contributed by atoms with Crippen LogP contribution in [0.5, 0.6) is 0 Å². The molecular weight excluding hydrogens is 444 g/mol. The molecule has 0 radical (unpaired) electrons. The van der Waals surface area contributed by atoms with E-state index in [1.165, 1.54) is 17.2 Å². The Kier molecular flexibility index (Phi) is 6.73. The van der Waals surface area contributed by atoms with Gasteiger partial charge in [-0.05, 0) is 54.8 Å². The Bertz CT molecular complexity index is 906. The van der Waals surface area contributed by atoms with Crippen molar-refractivity contribution < 1.29 is 4.39 Å². The Hall–Kier alpha value is -2.42. The lowest BCUT2D eigenvalue weighted by Gasteiger charge is -2.09. The number of nitrogens with zero attached hydrogens (tertiary/aromatic N) is 3. The SMILES string of the molecule is Cc1ccc(NC(N)=NCc2ccc(-n3ccnc3)c(F)c2)cc1C.I. The summed E-state index contributed by atoms with van der Waals surface area (Å²) in [6.07, 6.45) is 4.86. The second kappa shape index (κ2) is 8.79. The number of aromatic nitrogens is 2. The maximum Gasteiger partial charge on any atom is 0.193 e. The van der Waals surface area contributed by atoms with Crippen LogP contribution >= 0.6 is 24.0 Å². The van der Waals surface area contributed by atoms with Crippen molar-refractivity contribution in [2.24, 2.45) is 10.7 Å². The summed E-state index contributed by atoms with van der Waals surface area (Å²) in [4.78, 5) is 8.20. The van der Waals surface area contributed by atoms with E-state index >= 15 is 0 Å². The highest BCUT2D eigenvalue weighted by atomic mass is 127. The monoisotopic (exact) mass is 465 g/mol. The smallest absolute Gasteiger partial charge is 0.193 e. The molecule has 3 N–H and O–H groups in total. The van der Waals surface area contributed by atoms with Crippen LogP contribution in [-0.4, -0.2) is 15.5 Å². The third-order valence-electron chi connectivity index (χ3n) is 4.01.